The van der Waals surface area contributed by atoms with Crippen molar-refractivity contribution in [3.8, 4) is 5.75 Å². The maximum absolute atomic E-state index is 14.0. The van der Waals surface area contributed by atoms with Crippen molar-refractivity contribution in [1.29, 1.82) is 0 Å². The lowest BCUT2D eigenvalue weighted by molar-refractivity contribution is 0.271. The first-order valence-corrected chi connectivity index (χ1v) is 9.49. The summed E-state index contributed by atoms with van der Waals surface area (Å²) in [4.78, 5) is 6.11. The van der Waals surface area contributed by atoms with Gasteiger partial charge in [-0.25, -0.2) is 4.39 Å². The molecule has 0 spiro atoms. The van der Waals surface area contributed by atoms with Crippen molar-refractivity contribution in [3.05, 3.63) is 89.7 Å². The van der Waals surface area contributed by atoms with Crippen LogP contribution in [0.4, 0.5) is 10.1 Å². The monoisotopic (exact) mass is 361 g/mol. The van der Waals surface area contributed by atoms with Gasteiger partial charge in [0.1, 0.15) is 11.6 Å². The van der Waals surface area contributed by atoms with Crippen LogP contribution in [0.1, 0.15) is 16.4 Å². The molecule has 26 heavy (non-hydrogen) atoms. The van der Waals surface area contributed by atoms with Crippen molar-refractivity contribution in [2.75, 3.05) is 6.61 Å². The maximum Gasteiger partial charge on any atom is 0.128 e. The number of para-hydroxylation sites is 1. The van der Waals surface area contributed by atoms with Crippen molar-refractivity contribution in [2.24, 2.45) is 10.9 Å². The molecule has 2 aliphatic heterocycles. The Hall–Kier alpha value is -2.59. The van der Waals surface area contributed by atoms with Crippen LogP contribution in [-0.4, -0.2) is 12.3 Å². The van der Waals surface area contributed by atoms with E-state index in [0.29, 0.717) is 12.4 Å². The van der Waals surface area contributed by atoms with E-state index in [4.69, 9.17) is 9.73 Å². The van der Waals surface area contributed by atoms with Crippen LogP contribution >= 0.6 is 11.8 Å². The minimum Gasteiger partial charge on any atom is -0.492 e. The van der Waals surface area contributed by atoms with E-state index in [2.05, 4.69) is 30.3 Å². The largest absolute Gasteiger partial charge is 0.492 e. The number of hydrogen-bond acceptors (Lipinski definition) is 3. The van der Waals surface area contributed by atoms with Gasteiger partial charge in [-0.15, -0.1) is 11.8 Å². The Morgan fingerprint density at radius 1 is 0.962 bits per heavy atom. The zero-order chi connectivity index (χ0) is 17.5. The number of ether oxygens (including phenoxy) is 1. The Morgan fingerprint density at radius 2 is 1.77 bits per heavy atom. The number of halogens is 1. The molecule has 0 aliphatic carbocycles. The zero-order valence-electron chi connectivity index (χ0n) is 13.9. The van der Waals surface area contributed by atoms with Crippen LogP contribution in [0.3, 0.4) is 0 Å². The fraction of sp³-hybridized carbons (Fsp3) is 0.136. The summed E-state index contributed by atoms with van der Waals surface area (Å²) in [6.45, 7) is 0.540. The predicted octanol–water partition coefficient (Wildman–Crippen LogP) is 5.80. The third-order valence-corrected chi connectivity index (χ3v) is 6.29. The molecule has 0 aromatic heterocycles. The summed E-state index contributed by atoms with van der Waals surface area (Å²) in [6.07, 6.45) is 0. The molecule has 0 saturated carbocycles. The molecule has 2 heterocycles. The van der Waals surface area contributed by atoms with E-state index in [9.17, 15) is 4.39 Å². The zero-order valence-corrected chi connectivity index (χ0v) is 14.7. The van der Waals surface area contributed by atoms with Crippen molar-refractivity contribution < 1.29 is 9.13 Å². The number of nitrogens with zero attached hydrogens (tertiary/aromatic N) is 1. The van der Waals surface area contributed by atoms with Crippen LogP contribution in [-0.2, 0) is 0 Å². The van der Waals surface area contributed by atoms with Crippen molar-refractivity contribution >= 4 is 23.2 Å². The molecule has 2 atom stereocenters. The fourth-order valence-corrected chi connectivity index (χ4v) is 4.93. The Labute approximate surface area is 155 Å². The topological polar surface area (TPSA) is 21.6 Å². The van der Waals surface area contributed by atoms with Gasteiger partial charge in [-0.2, -0.15) is 0 Å². The molecular weight excluding hydrogens is 345 g/mol. The highest BCUT2D eigenvalue weighted by Crippen LogP contribution is 2.50. The summed E-state index contributed by atoms with van der Waals surface area (Å²) in [5.74, 6) is 0.499. The van der Waals surface area contributed by atoms with Gasteiger partial charge in [0.15, 0.2) is 0 Å². The average Bonchev–Trinajstić information content (AvgIpc) is 2.85. The van der Waals surface area contributed by atoms with Crippen LogP contribution in [0.25, 0.3) is 0 Å². The highest BCUT2D eigenvalue weighted by atomic mass is 32.2. The highest BCUT2D eigenvalue weighted by molar-refractivity contribution is 7.99. The second-order valence-electron chi connectivity index (χ2n) is 6.47. The molecule has 0 fully saturated rings. The van der Waals surface area contributed by atoms with E-state index in [-0.39, 0.29) is 17.0 Å². The third kappa shape index (κ3) is 2.61. The highest BCUT2D eigenvalue weighted by Gasteiger charge is 2.37. The molecule has 5 rings (SSSR count). The molecule has 0 radical (unpaired) electrons. The Bertz CT molecular complexity index is 1000. The predicted molar refractivity (Wildman–Crippen MR) is 103 cm³/mol. The number of fused-ring (bicyclic) bond motifs is 4. The molecule has 128 valence electrons. The summed E-state index contributed by atoms with van der Waals surface area (Å²) in [6, 6.07) is 23.3. The Balaban J connectivity index is 1.72. The van der Waals surface area contributed by atoms with Crippen molar-refractivity contribution in [2.45, 2.75) is 10.1 Å². The third-order valence-electron chi connectivity index (χ3n) is 4.84. The first kappa shape index (κ1) is 15.6. The second-order valence-corrected chi connectivity index (χ2v) is 7.66. The van der Waals surface area contributed by atoms with Crippen LogP contribution in [0.15, 0.2) is 82.7 Å². The number of thioether (sulfide) groups is 1. The molecule has 2 nitrogen and oxygen atoms in total. The standard InChI is InChI=1S/C22H16FNOS/c23-15-10-11-19-16(12-15)21-17(13-25-19)22(14-6-2-1-3-7-14)26-20-9-5-4-8-18(20)24-21/h1-12,17,22H,13H2/t17-,22+/m0/s1. The molecule has 0 unspecified atom stereocenters. The second kappa shape index (κ2) is 6.29. The van der Waals surface area contributed by atoms with Crippen LogP contribution < -0.4 is 4.74 Å². The summed E-state index contributed by atoms with van der Waals surface area (Å²) < 4.78 is 19.9. The van der Waals surface area contributed by atoms with E-state index in [1.54, 1.807) is 12.1 Å². The quantitative estimate of drug-likeness (QED) is 0.546. The summed E-state index contributed by atoms with van der Waals surface area (Å²) >= 11 is 1.81. The van der Waals surface area contributed by atoms with Gasteiger partial charge in [0.25, 0.3) is 0 Å². The number of benzene rings is 3. The fourth-order valence-electron chi connectivity index (χ4n) is 3.60. The first-order valence-electron chi connectivity index (χ1n) is 8.61. The lowest BCUT2D eigenvalue weighted by Crippen LogP contribution is -2.32. The molecular formula is C22H16FNOS. The number of hydrogen-bond donors (Lipinski definition) is 0. The molecule has 2 aliphatic rings. The molecule has 0 amide bonds. The van der Waals surface area contributed by atoms with E-state index >= 15 is 0 Å². The van der Waals surface area contributed by atoms with Crippen LogP contribution in [0, 0.1) is 11.7 Å². The molecule has 4 heteroatoms. The van der Waals surface area contributed by atoms with Crippen molar-refractivity contribution in [3.63, 3.8) is 0 Å². The minimum absolute atomic E-state index is 0.0594. The minimum atomic E-state index is -0.267. The van der Waals surface area contributed by atoms with E-state index in [1.165, 1.54) is 11.6 Å². The molecule has 0 N–H and O–H groups in total. The van der Waals surface area contributed by atoms with Gasteiger partial charge < -0.3 is 4.74 Å². The van der Waals surface area contributed by atoms with Gasteiger partial charge in [-0.05, 0) is 35.9 Å². The normalized spacial score (nSPS) is 20.7. The molecule has 3 aromatic carbocycles. The van der Waals surface area contributed by atoms with Crippen molar-refractivity contribution in [1.82, 2.24) is 0 Å². The molecule has 3 aromatic rings. The lowest BCUT2D eigenvalue weighted by Gasteiger charge is -2.31. The number of aliphatic imine (C=N–C) groups is 1. The smallest absolute Gasteiger partial charge is 0.128 e. The molecule has 0 bridgehead atoms. The SMILES string of the molecule is Fc1ccc2c(c1)C1=Nc3ccccc3S[C@H](c3ccccc3)[C@H]1CO2. The Kier molecular flexibility index (Phi) is 3.79. The van der Waals surface area contributed by atoms with Gasteiger partial charge in [-0.1, -0.05) is 42.5 Å². The summed E-state index contributed by atoms with van der Waals surface area (Å²) in [5.41, 5.74) is 3.85. The maximum atomic E-state index is 14.0. The van der Waals surface area contributed by atoms with Gasteiger partial charge >= 0.3 is 0 Å². The number of rotatable bonds is 1. The van der Waals surface area contributed by atoms with Crippen LogP contribution in [0.5, 0.6) is 5.75 Å². The van der Waals surface area contributed by atoms with Gasteiger partial charge in [0.05, 0.1) is 23.9 Å². The van der Waals surface area contributed by atoms with Gasteiger partial charge in [0, 0.05) is 15.7 Å². The van der Waals surface area contributed by atoms with E-state index in [1.807, 2.05) is 36.0 Å². The van der Waals surface area contributed by atoms with Gasteiger partial charge in [-0.3, -0.25) is 4.99 Å². The average molecular weight is 361 g/mol. The van der Waals surface area contributed by atoms with Gasteiger partial charge in [0.2, 0.25) is 0 Å². The van der Waals surface area contributed by atoms with Crippen LogP contribution in [0.2, 0.25) is 0 Å². The molecule has 0 saturated heterocycles. The first-order chi connectivity index (χ1) is 12.8. The van der Waals surface area contributed by atoms with E-state index in [0.717, 1.165) is 21.9 Å². The lowest BCUT2D eigenvalue weighted by atomic mass is 9.88. The Morgan fingerprint density at radius 3 is 2.65 bits per heavy atom. The summed E-state index contributed by atoms with van der Waals surface area (Å²) in [7, 11) is 0. The summed E-state index contributed by atoms with van der Waals surface area (Å²) in [5, 5.41) is 0.162. The van der Waals surface area contributed by atoms with E-state index < -0.39 is 0 Å².